The van der Waals surface area contributed by atoms with Crippen molar-refractivity contribution in [2.75, 3.05) is 6.54 Å². The van der Waals surface area contributed by atoms with E-state index in [1.165, 1.54) is 24.3 Å². The van der Waals surface area contributed by atoms with Crippen LogP contribution in [0.15, 0.2) is 59.6 Å². The maximum Gasteiger partial charge on any atom is 0.142 e. The van der Waals surface area contributed by atoms with Gasteiger partial charge < -0.3 is 0 Å². The quantitative estimate of drug-likeness (QED) is 0.609. The smallest absolute Gasteiger partial charge is 0.142 e. The van der Waals surface area contributed by atoms with Crippen molar-refractivity contribution in [1.29, 1.82) is 0 Å². The lowest BCUT2D eigenvalue weighted by Crippen LogP contribution is -1.97. The van der Waals surface area contributed by atoms with Crippen molar-refractivity contribution >= 4 is 18.6 Å². The van der Waals surface area contributed by atoms with E-state index in [1.807, 2.05) is 12.3 Å². The van der Waals surface area contributed by atoms with Crippen LogP contribution in [-0.2, 0) is 4.79 Å². The van der Waals surface area contributed by atoms with Crippen molar-refractivity contribution in [3.8, 4) is 0 Å². The molecule has 0 saturated heterocycles. The molecule has 0 spiro atoms. The number of carbonyl (C=O) groups excluding carboxylic acids is 1. The van der Waals surface area contributed by atoms with E-state index < -0.39 is 0 Å². The number of carbonyl (C=O) groups is 1. The van der Waals surface area contributed by atoms with Gasteiger partial charge in [-0.3, -0.25) is 9.79 Å². The molecule has 1 atom stereocenters. The van der Waals surface area contributed by atoms with Gasteiger partial charge in [-0.25, -0.2) is 8.78 Å². The van der Waals surface area contributed by atoms with Crippen LogP contribution in [0, 0.1) is 11.6 Å². The number of aliphatic imine (C=N–C) groups is 1. The van der Waals surface area contributed by atoms with Gasteiger partial charge in [-0.15, -0.1) is 0 Å². The van der Waals surface area contributed by atoms with Crippen molar-refractivity contribution in [2.45, 2.75) is 12.3 Å². The van der Waals surface area contributed by atoms with Crippen LogP contribution in [-0.4, -0.2) is 19.0 Å². The van der Waals surface area contributed by atoms with E-state index >= 15 is 0 Å². The summed E-state index contributed by atoms with van der Waals surface area (Å²) in [5.41, 5.74) is 1.75. The number of aldehydes is 1. The van der Waals surface area contributed by atoms with Gasteiger partial charge in [0.05, 0.1) is 0 Å². The number of benzene rings is 2. The van der Waals surface area contributed by atoms with Crippen molar-refractivity contribution in [3.05, 3.63) is 77.4 Å². The predicted octanol–water partition coefficient (Wildman–Crippen LogP) is 4.42. The summed E-state index contributed by atoms with van der Waals surface area (Å²) < 4.78 is 25.3. The Morgan fingerprint density at radius 1 is 1.04 bits per heavy atom. The molecule has 1 aliphatic rings. The van der Waals surface area contributed by atoms with Crippen LogP contribution in [0.5, 0.6) is 0 Å². The van der Waals surface area contributed by atoms with Gasteiger partial charge in [0.25, 0.3) is 0 Å². The summed E-state index contributed by atoms with van der Waals surface area (Å²) in [7, 11) is 0. The number of hydrogen-bond acceptors (Lipinski definition) is 2. The molecular formula is C19H17F2NO. The van der Waals surface area contributed by atoms with Crippen LogP contribution >= 0.6 is 0 Å². The van der Waals surface area contributed by atoms with Crippen molar-refractivity contribution in [1.82, 2.24) is 0 Å². The van der Waals surface area contributed by atoms with E-state index in [1.54, 1.807) is 30.3 Å². The van der Waals surface area contributed by atoms with Crippen molar-refractivity contribution in [3.63, 3.8) is 0 Å². The van der Waals surface area contributed by atoms with Gasteiger partial charge in [-0.1, -0.05) is 30.3 Å². The molecule has 118 valence electrons. The molecule has 0 radical (unpaired) electrons. The number of allylic oxidation sites excluding steroid dienone is 1. The fourth-order valence-corrected chi connectivity index (χ4v) is 2.24. The summed E-state index contributed by atoms with van der Waals surface area (Å²) in [5, 5.41) is 0. The highest BCUT2D eigenvalue weighted by Crippen LogP contribution is 2.22. The first-order chi connectivity index (χ1) is 11.2. The molecule has 3 rings (SSSR count). The first-order valence-electron chi connectivity index (χ1n) is 7.30. The van der Waals surface area contributed by atoms with Crippen LogP contribution in [0.25, 0.3) is 6.08 Å². The van der Waals surface area contributed by atoms with Gasteiger partial charge in [0, 0.05) is 12.5 Å². The summed E-state index contributed by atoms with van der Waals surface area (Å²) in [4.78, 5) is 14.0. The molecule has 0 saturated carbocycles. The Morgan fingerprint density at radius 2 is 1.78 bits per heavy atom. The largest absolute Gasteiger partial charge is 0.299 e. The third kappa shape index (κ3) is 5.58. The van der Waals surface area contributed by atoms with Crippen LogP contribution < -0.4 is 0 Å². The third-order valence-electron chi connectivity index (χ3n) is 3.38. The maximum atomic E-state index is 12.8. The number of halogens is 2. The van der Waals surface area contributed by atoms with Gasteiger partial charge in [0.2, 0.25) is 0 Å². The lowest BCUT2D eigenvalue weighted by Gasteiger charge is -2.07. The fourth-order valence-electron chi connectivity index (χ4n) is 2.24. The highest BCUT2D eigenvalue weighted by Gasteiger charge is 2.13. The minimum atomic E-state index is -0.293. The maximum absolute atomic E-state index is 12.8. The molecule has 2 aromatic carbocycles. The highest BCUT2D eigenvalue weighted by atomic mass is 19.1. The number of rotatable bonds is 3. The zero-order valence-corrected chi connectivity index (χ0v) is 12.5. The Morgan fingerprint density at radius 3 is 2.39 bits per heavy atom. The predicted molar refractivity (Wildman–Crippen MR) is 88.6 cm³/mol. The van der Waals surface area contributed by atoms with Crippen molar-refractivity contribution < 1.29 is 13.6 Å². The Kier molecular flexibility index (Phi) is 6.36. The molecule has 23 heavy (non-hydrogen) atoms. The van der Waals surface area contributed by atoms with E-state index in [2.05, 4.69) is 4.99 Å². The lowest BCUT2D eigenvalue weighted by atomic mass is 9.98. The Balaban J connectivity index is 0.000000168. The Labute approximate surface area is 134 Å². The van der Waals surface area contributed by atoms with E-state index in [0.717, 1.165) is 18.5 Å². The van der Waals surface area contributed by atoms with Gasteiger partial charge in [0.1, 0.15) is 17.9 Å². The molecule has 0 fully saturated rings. The minimum absolute atomic E-state index is 0.153. The second-order valence-corrected chi connectivity index (χ2v) is 5.09. The SMILES string of the molecule is Fc1cccc(C2CC=NC2)c1.O=C/C=C/c1cccc(F)c1. The van der Waals surface area contributed by atoms with Crippen LogP contribution in [0.4, 0.5) is 8.78 Å². The first kappa shape index (κ1) is 16.7. The molecule has 2 nitrogen and oxygen atoms in total. The zero-order valence-electron chi connectivity index (χ0n) is 12.5. The average Bonchev–Trinajstić information content (AvgIpc) is 3.08. The molecule has 0 bridgehead atoms. The highest BCUT2D eigenvalue weighted by molar-refractivity contribution is 5.73. The average molecular weight is 313 g/mol. The topological polar surface area (TPSA) is 29.4 Å². The van der Waals surface area contributed by atoms with Gasteiger partial charge in [-0.05, 0) is 54.1 Å². The number of hydrogen-bond donors (Lipinski definition) is 0. The lowest BCUT2D eigenvalue weighted by molar-refractivity contribution is -0.104. The summed E-state index contributed by atoms with van der Waals surface area (Å²) in [5.74, 6) is -0.0434. The molecule has 0 aromatic heterocycles. The molecule has 0 aliphatic carbocycles. The van der Waals surface area contributed by atoms with E-state index in [4.69, 9.17) is 0 Å². The van der Waals surface area contributed by atoms with Crippen molar-refractivity contribution in [2.24, 2.45) is 4.99 Å². The van der Waals surface area contributed by atoms with E-state index in [9.17, 15) is 13.6 Å². The molecule has 4 heteroatoms. The summed E-state index contributed by atoms with van der Waals surface area (Å²) >= 11 is 0. The summed E-state index contributed by atoms with van der Waals surface area (Å²) in [6.45, 7) is 0.809. The molecule has 2 aromatic rings. The normalized spacial score (nSPS) is 16.2. The third-order valence-corrected chi connectivity index (χ3v) is 3.38. The first-order valence-corrected chi connectivity index (χ1v) is 7.30. The molecule has 0 N–H and O–H groups in total. The zero-order chi connectivity index (χ0) is 16.5. The second kappa shape index (κ2) is 8.73. The van der Waals surface area contributed by atoms with Gasteiger partial charge in [-0.2, -0.15) is 0 Å². The van der Waals surface area contributed by atoms with Gasteiger partial charge in [0.15, 0.2) is 0 Å². The van der Waals surface area contributed by atoms with E-state index in [-0.39, 0.29) is 11.6 Å². The second-order valence-electron chi connectivity index (χ2n) is 5.09. The molecule has 1 unspecified atom stereocenters. The molecule has 1 heterocycles. The molecule has 1 aliphatic heterocycles. The van der Waals surface area contributed by atoms with E-state index in [0.29, 0.717) is 17.8 Å². The Bertz CT molecular complexity index is 702. The fraction of sp³-hybridized carbons (Fsp3) is 0.158. The number of nitrogens with zero attached hydrogens (tertiary/aromatic N) is 1. The molecular weight excluding hydrogens is 296 g/mol. The van der Waals surface area contributed by atoms with Crippen LogP contribution in [0.1, 0.15) is 23.5 Å². The van der Waals surface area contributed by atoms with Gasteiger partial charge >= 0.3 is 0 Å². The minimum Gasteiger partial charge on any atom is -0.299 e. The standard InChI is InChI=1S/C10H10FN.C9H7FO/c11-10-3-1-2-8(6-10)9-4-5-12-7-9;10-9-5-1-3-8(7-9)4-2-6-11/h1-3,5-6,9H,4,7H2;1-7H/b;4-2+. The summed E-state index contributed by atoms with van der Waals surface area (Å²) in [6, 6.07) is 12.8. The molecule has 0 amide bonds. The Hall–Kier alpha value is -2.62. The summed E-state index contributed by atoms with van der Waals surface area (Å²) in [6.07, 6.45) is 6.40. The van der Waals surface area contributed by atoms with Crippen LogP contribution in [0.2, 0.25) is 0 Å². The van der Waals surface area contributed by atoms with Crippen LogP contribution in [0.3, 0.4) is 0 Å². The monoisotopic (exact) mass is 313 g/mol.